The van der Waals surface area contributed by atoms with E-state index in [1.807, 2.05) is 32.0 Å². The molecule has 1 aromatic rings. The number of aryl methyl sites for hydroxylation is 1. The number of carbonyl (C=O) groups is 1. The van der Waals surface area contributed by atoms with Crippen molar-refractivity contribution >= 4 is 5.91 Å². The van der Waals surface area contributed by atoms with Gasteiger partial charge in [0.15, 0.2) is 0 Å². The largest absolute Gasteiger partial charge is 0.466 e. The Bertz CT molecular complexity index is 498. The number of furan rings is 1. The van der Waals surface area contributed by atoms with Gasteiger partial charge in [0.05, 0.1) is 0 Å². The Morgan fingerprint density at radius 2 is 2.00 bits per heavy atom. The Hall–Kier alpha value is -1.33. The van der Waals surface area contributed by atoms with Crippen molar-refractivity contribution in [2.75, 3.05) is 53.4 Å². The lowest BCUT2D eigenvalue weighted by atomic mass is 10.0. The molecule has 1 amide bonds. The van der Waals surface area contributed by atoms with Crippen LogP contribution in [0.1, 0.15) is 37.2 Å². The van der Waals surface area contributed by atoms with Crippen LogP contribution in [0, 0.1) is 6.92 Å². The number of likely N-dealkylation sites (N-methyl/N-ethyl adjacent to an activating group) is 1. The highest BCUT2D eigenvalue weighted by atomic mass is 16.3. The number of carbonyl (C=O) groups excluding carboxylic acids is 1. The first kappa shape index (κ1) is 18.0. The van der Waals surface area contributed by atoms with Gasteiger partial charge in [-0.25, -0.2) is 0 Å². The minimum atomic E-state index is 0.295. The van der Waals surface area contributed by atoms with Crippen molar-refractivity contribution in [3.63, 3.8) is 0 Å². The third-order valence-electron chi connectivity index (χ3n) is 4.62. The number of amides is 1. The maximum absolute atomic E-state index is 12.2. The van der Waals surface area contributed by atoms with E-state index in [9.17, 15) is 4.79 Å². The van der Waals surface area contributed by atoms with Crippen molar-refractivity contribution < 1.29 is 9.21 Å². The molecule has 0 radical (unpaired) electrons. The van der Waals surface area contributed by atoms with Crippen LogP contribution in [-0.4, -0.2) is 74.0 Å². The fourth-order valence-corrected chi connectivity index (χ4v) is 2.93. The summed E-state index contributed by atoms with van der Waals surface area (Å²) in [5.74, 6) is 2.77. The summed E-state index contributed by atoms with van der Waals surface area (Å²) in [6.45, 7) is 9.69. The molecule has 0 spiro atoms. The third-order valence-corrected chi connectivity index (χ3v) is 4.62. The summed E-state index contributed by atoms with van der Waals surface area (Å²) in [4.78, 5) is 18.8. The van der Waals surface area contributed by atoms with Crippen LogP contribution in [0.15, 0.2) is 16.5 Å². The number of hydrogen-bond acceptors (Lipinski definition) is 4. The lowest BCUT2D eigenvalue weighted by Crippen LogP contribution is -2.38. The predicted octanol–water partition coefficient (Wildman–Crippen LogP) is 2.18. The van der Waals surface area contributed by atoms with Gasteiger partial charge in [0.25, 0.3) is 0 Å². The summed E-state index contributed by atoms with van der Waals surface area (Å²) in [5.41, 5.74) is 0. The summed E-state index contributed by atoms with van der Waals surface area (Å²) in [6, 6.07) is 4.11. The molecule has 130 valence electrons. The van der Waals surface area contributed by atoms with E-state index in [1.54, 1.807) is 0 Å². The maximum atomic E-state index is 12.2. The minimum absolute atomic E-state index is 0.295. The molecular formula is C18H31N3O2. The summed E-state index contributed by atoms with van der Waals surface area (Å²) in [5, 5.41) is 0. The molecule has 1 saturated heterocycles. The Morgan fingerprint density at radius 3 is 2.65 bits per heavy atom. The number of rotatable bonds is 7. The molecule has 0 bridgehead atoms. The molecule has 1 aliphatic heterocycles. The van der Waals surface area contributed by atoms with E-state index < -0.39 is 0 Å². The quantitative estimate of drug-likeness (QED) is 0.772. The molecule has 2 heterocycles. The lowest BCUT2D eigenvalue weighted by molar-refractivity contribution is -0.130. The molecule has 0 aromatic carbocycles. The normalized spacial score (nSPS) is 18.5. The lowest BCUT2D eigenvalue weighted by Gasteiger charge is -2.24. The van der Waals surface area contributed by atoms with Gasteiger partial charge in [-0.2, -0.15) is 0 Å². The Morgan fingerprint density at radius 1 is 1.22 bits per heavy atom. The van der Waals surface area contributed by atoms with Gasteiger partial charge in [-0.05, 0) is 46.1 Å². The van der Waals surface area contributed by atoms with Crippen molar-refractivity contribution in [2.24, 2.45) is 0 Å². The van der Waals surface area contributed by atoms with E-state index in [4.69, 9.17) is 4.42 Å². The van der Waals surface area contributed by atoms with Gasteiger partial charge in [0.2, 0.25) is 5.91 Å². The van der Waals surface area contributed by atoms with Gasteiger partial charge in [0, 0.05) is 45.1 Å². The fraction of sp³-hybridized carbons (Fsp3) is 0.722. The molecule has 0 aliphatic carbocycles. The van der Waals surface area contributed by atoms with E-state index in [0.717, 1.165) is 57.2 Å². The Kier molecular flexibility index (Phi) is 6.66. The number of nitrogens with zero attached hydrogens (tertiary/aromatic N) is 3. The highest BCUT2D eigenvalue weighted by Gasteiger charge is 2.21. The average molecular weight is 321 g/mol. The van der Waals surface area contributed by atoms with Crippen LogP contribution in [0.5, 0.6) is 0 Å². The molecule has 1 aromatic heterocycles. The molecule has 1 fully saturated rings. The first-order valence-electron chi connectivity index (χ1n) is 8.67. The second kappa shape index (κ2) is 8.50. The zero-order valence-corrected chi connectivity index (χ0v) is 15.0. The predicted molar refractivity (Wildman–Crippen MR) is 92.7 cm³/mol. The van der Waals surface area contributed by atoms with E-state index in [1.165, 1.54) is 0 Å². The molecule has 5 heteroatoms. The molecule has 23 heavy (non-hydrogen) atoms. The molecule has 2 rings (SSSR count). The first-order valence-corrected chi connectivity index (χ1v) is 8.67. The van der Waals surface area contributed by atoms with Crippen molar-refractivity contribution in [3.05, 3.63) is 23.7 Å². The van der Waals surface area contributed by atoms with E-state index in [0.29, 0.717) is 18.2 Å². The third kappa shape index (κ3) is 5.66. The Balaban J connectivity index is 1.77. The zero-order valence-electron chi connectivity index (χ0n) is 15.0. The van der Waals surface area contributed by atoms with Crippen LogP contribution in [0.25, 0.3) is 0 Å². The molecular weight excluding hydrogens is 290 g/mol. The first-order chi connectivity index (χ1) is 11.0. The maximum Gasteiger partial charge on any atom is 0.223 e. The molecule has 0 saturated carbocycles. The summed E-state index contributed by atoms with van der Waals surface area (Å²) >= 11 is 0. The van der Waals surface area contributed by atoms with Crippen molar-refractivity contribution in [1.29, 1.82) is 0 Å². The van der Waals surface area contributed by atoms with Gasteiger partial charge in [0.1, 0.15) is 11.5 Å². The molecule has 1 aliphatic rings. The summed E-state index contributed by atoms with van der Waals surface area (Å²) in [7, 11) is 4.10. The SMILES string of the molecule is Cc1ccc(C(C)CCN2CCC(=O)N(CCN(C)C)CC2)o1. The van der Waals surface area contributed by atoms with Gasteiger partial charge in [-0.1, -0.05) is 6.92 Å². The second-order valence-corrected chi connectivity index (χ2v) is 6.91. The van der Waals surface area contributed by atoms with Crippen LogP contribution in [-0.2, 0) is 4.79 Å². The summed E-state index contributed by atoms with van der Waals surface area (Å²) < 4.78 is 5.71. The number of hydrogen-bond donors (Lipinski definition) is 0. The van der Waals surface area contributed by atoms with Gasteiger partial charge in [-0.15, -0.1) is 0 Å². The van der Waals surface area contributed by atoms with Crippen molar-refractivity contribution in [3.8, 4) is 0 Å². The molecule has 1 atom stereocenters. The van der Waals surface area contributed by atoms with Crippen molar-refractivity contribution in [1.82, 2.24) is 14.7 Å². The molecule has 5 nitrogen and oxygen atoms in total. The molecule has 1 unspecified atom stereocenters. The van der Waals surface area contributed by atoms with Gasteiger partial charge >= 0.3 is 0 Å². The monoisotopic (exact) mass is 321 g/mol. The van der Waals surface area contributed by atoms with Crippen LogP contribution in [0.3, 0.4) is 0 Å². The van der Waals surface area contributed by atoms with Crippen LogP contribution >= 0.6 is 0 Å². The smallest absolute Gasteiger partial charge is 0.223 e. The highest BCUT2D eigenvalue weighted by molar-refractivity contribution is 5.76. The van der Waals surface area contributed by atoms with Gasteiger partial charge in [-0.3, -0.25) is 4.79 Å². The Labute approximate surface area is 140 Å². The topological polar surface area (TPSA) is 39.9 Å². The second-order valence-electron chi connectivity index (χ2n) is 6.91. The average Bonchev–Trinajstić information content (AvgIpc) is 2.86. The highest BCUT2D eigenvalue weighted by Crippen LogP contribution is 2.21. The minimum Gasteiger partial charge on any atom is -0.466 e. The van der Waals surface area contributed by atoms with E-state index >= 15 is 0 Å². The van der Waals surface area contributed by atoms with Crippen LogP contribution < -0.4 is 0 Å². The molecule has 0 N–H and O–H groups in total. The standard InChI is InChI=1S/C18H31N3O2/c1-15(17-6-5-16(2)23-17)7-9-20-10-8-18(22)21(14-12-20)13-11-19(3)4/h5-6,15H,7-14H2,1-4H3. The van der Waals surface area contributed by atoms with E-state index in [2.05, 4.69) is 22.8 Å². The van der Waals surface area contributed by atoms with Crippen LogP contribution in [0.2, 0.25) is 0 Å². The van der Waals surface area contributed by atoms with Crippen LogP contribution in [0.4, 0.5) is 0 Å². The van der Waals surface area contributed by atoms with Crippen molar-refractivity contribution in [2.45, 2.75) is 32.6 Å². The van der Waals surface area contributed by atoms with E-state index in [-0.39, 0.29) is 0 Å². The summed E-state index contributed by atoms with van der Waals surface area (Å²) in [6.07, 6.45) is 1.71. The van der Waals surface area contributed by atoms with Gasteiger partial charge < -0.3 is 19.1 Å². The zero-order chi connectivity index (χ0) is 16.8. The fourth-order valence-electron chi connectivity index (χ4n) is 2.93.